The summed E-state index contributed by atoms with van der Waals surface area (Å²) in [7, 11) is 0. The lowest BCUT2D eigenvalue weighted by Gasteiger charge is -2.26. The van der Waals surface area contributed by atoms with E-state index in [9.17, 15) is 4.79 Å². The molecule has 1 aliphatic rings. The fraction of sp³-hybridized carbons (Fsp3) is 0.615. The van der Waals surface area contributed by atoms with Crippen LogP contribution in [0.5, 0.6) is 0 Å². The molecule has 1 heterocycles. The van der Waals surface area contributed by atoms with Gasteiger partial charge in [0.1, 0.15) is 5.76 Å². The summed E-state index contributed by atoms with van der Waals surface area (Å²) in [5, 5.41) is 3.28. The predicted molar refractivity (Wildman–Crippen MR) is 71.1 cm³/mol. The molecule has 1 aromatic rings. The topological polar surface area (TPSA) is 51.5 Å². The minimum Gasteiger partial charge on any atom is -0.464 e. The number of halogens is 1. The molecule has 0 saturated heterocycles. The average molecular weight is 316 g/mol. The van der Waals surface area contributed by atoms with Gasteiger partial charge in [0, 0.05) is 0 Å². The van der Waals surface area contributed by atoms with Crippen molar-refractivity contribution in [2.75, 3.05) is 13.2 Å². The highest BCUT2D eigenvalue weighted by Gasteiger charge is 2.40. The van der Waals surface area contributed by atoms with Gasteiger partial charge in [0.15, 0.2) is 10.2 Å². The zero-order valence-electron chi connectivity index (χ0n) is 10.7. The summed E-state index contributed by atoms with van der Waals surface area (Å²) >= 11 is 3.26. The minimum atomic E-state index is -0.912. The van der Waals surface area contributed by atoms with Crippen LogP contribution >= 0.6 is 15.9 Å². The van der Waals surface area contributed by atoms with Gasteiger partial charge in [-0.15, -0.1) is 0 Å². The molecule has 4 nitrogen and oxygen atoms in total. The molecule has 1 aliphatic carbocycles. The normalized spacial score (nSPS) is 18.4. The van der Waals surface area contributed by atoms with Crippen LogP contribution in [0, 0.1) is 5.92 Å². The van der Waals surface area contributed by atoms with E-state index in [2.05, 4.69) is 21.2 Å². The molecule has 1 aromatic heterocycles. The van der Waals surface area contributed by atoms with E-state index in [-0.39, 0.29) is 5.97 Å². The molecular formula is C13H18BrNO3. The predicted octanol–water partition coefficient (Wildman–Crippen LogP) is 2.82. The minimum absolute atomic E-state index is 0.299. The fourth-order valence-electron chi connectivity index (χ4n) is 1.79. The molecule has 1 saturated carbocycles. The number of hydrogen-bond donors (Lipinski definition) is 1. The number of furan rings is 1. The van der Waals surface area contributed by atoms with Crippen LogP contribution in [0.25, 0.3) is 0 Å². The smallest absolute Gasteiger partial charge is 0.333 e. The summed E-state index contributed by atoms with van der Waals surface area (Å²) in [6.07, 6.45) is 2.46. The van der Waals surface area contributed by atoms with Gasteiger partial charge in [-0.3, -0.25) is 5.32 Å². The summed E-state index contributed by atoms with van der Waals surface area (Å²) in [6.45, 7) is 4.78. The molecule has 1 N–H and O–H groups in total. The molecular weight excluding hydrogens is 298 g/mol. The summed E-state index contributed by atoms with van der Waals surface area (Å²) in [6, 6.07) is 3.58. The maximum Gasteiger partial charge on any atom is 0.333 e. The summed E-state index contributed by atoms with van der Waals surface area (Å²) in [4.78, 5) is 12.1. The monoisotopic (exact) mass is 315 g/mol. The maximum absolute atomic E-state index is 12.1. The summed E-state index contributed by atoms with van der Waals surface area (Å²) < 4.78 is 11.3. The van der Waals surface area contributed by atoms with Gasteiger partial charge in [0.05, 0.1) is 6.61 Å². The lowest BCUT2D eigenvalue weighted by atomic mass is 9.99. The van der Waals surface area contributed by atoms with E-state index >= 15 is 0 Å². The summed E-state index contributed by atoms with van der Waals surface area (Å²) in [5.41, 5.74) is -0.912. The van der Waals surface area contributed by atoms with Crippen molar-refractivity contribution in [1.82, 2.24) is 5.32 Å². The molecule has 0 aromatic carbocycles. The van der Waals surface area contributed by atoms with Crippen molar-refractivity contribution in [3.05, 3.63) is 22.6 Å². The second-order valence-corrected chi connectivity index (χ2v) is 5.56. The highest BCUT2D eigenvalue weighted by Crippen LogP contribution is 2.31. The molecule has 18 heavy (non-hydrogen) atoms. The van der Waals surface area contributed by atoms with Crippen LogP contribution in [-0.2, 0) is 15.1 Å². The second-order valence-electron chi connectivity index (χ2n) is 4.77. The number of carbonyl (C=O) groups is 1. The van der Waals surface area contributed by atoms with Gasteiger partial charge in [-0.05, 0) is 67.2 Å². The van der Waals surface area contributed by atoms with Crippen molar-refractivity contribution in [2.24, 2.45) is 5.92 Å². The van der Waals surface area contributed by atoms with E-state index in [0.717, 1.165) is 6.54 Å². The molecule has 5 heteroatoms. The standard InChI is InChI=1S/C13H18BrNO3/c1-3-17-12(16)13(2,15-8-9-4-5-9)10-6-7-11(14)18-10/h6-7,9,15H,3-5,8H2,1-2H3. The highest BCUT2D eigenvalue weighted by atomic mass is 79.9. The van der Waals surface area contributed by atoms with Crippen molar-refractivity contribution in [1.29, 1.82) is 0 Å². The van der Waals surface area contributed by atoms with Gasteiger partial charge in [-0.2, -0.15) is 0 Å². The molecule has 100 valence electrons. The molecule has 0 radical (unpaired) electrons. The van der Waals surface area contributed by atoms with E-state index in [1.165, 1.54) is 12.8 Å². The van der Waals surface area contributed by atoms with Gasteiger partial charge in [0.2, 0.25) is 0 Å². The Balaban J connectivity index is 2.16. The van der Waals surface area contributed by atoms with Crippen molar-refractivity contribution in [2.45, 2.75) is 32.2 Å². The van der Waals surface area contributed by atoms with Crippen LogP contribution in [-0.4, -0.2) is 19.1 Å². The average Bonchev–Trinajstić information content (AvgIpc) is 3.07. The lowest BCUT2D eigenvalue weighted by molar-refractivity contribution is -0.151. The lowest BCUT2D eigenvalue weighted by Crippen LogP contribution is -2.48. The Morgan fingerprint density at radius 1 is 1.61 bits per heavy atom. The fourth-order valence-corrected chi connectivity index (χ4v) is 2.10. The Hall–Kier alpha value is -0.810. The number of nitrogens with one attached hydrogen (secondary N) is 1. The largest absolute Gasteiger partial charge is 0.464 e. The van der Waals surface area contributed by atoms with Crippen LogP contribution in [0.15, 0.2) is 21.2 Å². The highest BCUT2D eigenvalue weighted by molar-refractivity contribution is 9.10. The maximum atomic E-state index is 12.1. The van der Waals surface area contributed by atoms with E-state index in [1.807, 2.05) is 0 Å². The van der Waals surface area contributed by atoms with Crippen LogP contribution in [0.4, 0.5) is 0 Å². The van der Waals surface area contributed by atoms with Crippen molar-refractivity contribution < 1.29 is 13.9 Å². The first-order valence-corrected chi connectivity index (χ1v) is 7.03. The Morgan fingerprint density at radius 3 is 2.83 bits per heavy atom. The third-order valence-corrected chi connectivity index (χ3v) is 3.62. The van der Waals surface area contributed by atoms with Gasteiger partial charge in [0.25, 0.3) is 0 Å². The third kappa shape index (κ3) is 2.95. The number of ether oxygens (including phenoxy) is 1. The Morgan fingerprint density at radius 2 is 2.33 bits per heavy atom. The zero-order chi connectivity index (χ0) is 13.2. The van der Waals surface area contributed by atoms with E-state index in [0.29, 0.717) is 23.0 Å². The van der Waals surface area contributed by atoms with Crippen molar-refractivity contribution >= 4 is 21.9 Å². The number of carbonyl (C=O) groups excluding carboxylic acids is 1. The SMILES string of the molecule is CCOC(=O)C(C)(NCC1CC1)c1ccc(Br)o1. The molecule has 1 unspecified atom stereocenters. The Kier molecular flexibility index (Phi) is 4.12. The number of rotatable bonds is 6. The molecule has 0 amide bonds. The first kappa shape index (κ1) is 13.6. The molecule has 1 fully saturated rings. The Labute approximate surface area is 115 Å². The third-order valence-electron chi connectivity index (χ3n) is 3.19. The first-order valence-electron chi connectivity index (χ1n) is 6.24. The second kappa shape index (κ2) is 5.45. The molecule has 0 bridgehead atoms. The molecule has 0 aliphatic heterocycles. The zero-order valence-corrected chi connectivity index (χ0v) is 12.2. The van der Waals surface area contributed by atoms with Crippen LogP contribution < -0.4 is 5.32 Å². The van der Waals surface area contributed by atoms with E-state index in [1.54, 1.807) is 26.0 Å². The van der Waals surface area contributed by atoms with E-state index < -0.39 is 5.54 Å². The number of esters is 1. The summed E-state index contributed by atoms with van der Waals surface area (Å²) in [5.74, 6) is 0.957. The number of hydrogen-bond acceptors (Lipinski definition) is 4. The van der Waals surface area contributed by atoms with Crippen molar-refractivity contribution in [3.8, 4) is 0 Å². The Bertz CT molecular complexity index is 428. The van der Waals surface area contributed by atoms with Crippen molar-refractivity contribution in [3.63, 3.8) is 0 Å². The van der Waals surface area contributed by atoms with Gasteiger partial charge >= 0.3 is 5.97 Å². The first-order chi connectivity index (χ1) is 8.56. The van der Waals surface area contributed by atoms with Gasteiger partial charge in [-0.25, -0.2) is 4.79 Å². The van der Waals surface area contributed by atoms with Crippen LogP contribution in [0.2, 0.25) is 0 Å². The molecule has 2 rings (SSSR count). The quantitative estimate of drug-likeness (QED) is 0.820. The van der Waals surface area contributed by atoms with Gasteiger partial charge in [-0.1, -0.05) is 0 Å². The van der Waals surface area contributed by atoms with Gasteiger partial charge < -0.3 is 9.15 Å². The van der Waals surface area contributed by atoms with Crippen LogP contribution in [0.1, 0.15) is 32.4 Å². The molecule has 1 atom stereocenters. The van der Waals surface area contributed by atoms with E-state index in [4.69, 9.17) is 9.15 Å². The van der Waals surface area contributed by atoms with Crippen LogP contribution in [0.3, 0.4) is 0 Å². The molecule has 0 spiro atoms.